The number of carbonyl (C=O) groups is 1. The maximum absolute atomic E-state index is 11.9. The van der Waals surface area contributed by atoms with Crippen LogP contribution in [0.3, 0.4) is 0 Å². The SMILES string of the molecule is CN(C)S(=O)(=O)c1ccc(NC(=O)CSCCN)cc1. The Balaban J connectivity index is 2.66. The first kappa shape index (κ1) is 17.0. The van der Waals surface area contributed by atoms with Crippen LogP contribution >= 0.6 is 11.8 Å². The zero-order valence-electron chi connectivity index (χ0n) is 11.5. The van der Waals surface area contributed by atoms with Crippen molar-refractivity contribution in [3.8, 4) is 0 Å². The minimum absolute atomic E-state index is 0.133. The number of anilines is 1. The molecule has 0 bridgehead atoms. The van der Waals surface area contributed by atoms with Crippen molar-refractivity contribution in [2.75, 3.05) is 37.5 Å². The first-order chi connectivity index (χ1) is 9.37. The highest BCUT2D eigenvalue weighted by atomic mass is 32.2. The van der Waals surface area contributed by atoms with Crippen LogP contribution in [0.15, 0.2) is 29.2 Å². The summed E-state index contributed by atoms with van der Waals surface area (Å²) in [6, 6.07) is 6.08. The van der Waals surface area contributed by atoms with Crippen molar-refractivity contribution in [1.82, 2.24) is 4.31 Å². The van der Waals surface area contributed by atoms with Gasteiger partial charge in [0, 0.05) is 32.1 Å². The van der Waals surface area contributed by atoms with Gasteiger partial charge in [0.25, 0.3) is 0 Å². The summed E-state index contributed by atoms with van der Waals surface area (Å²) in [4.78, 5) is 11.8. The van der Waals surface area contributed by atoms with E-state index >= 15 is 0 Å². The number of thioether (sulfide) groups is 1. The Bertz CT molecular complexity index is 542. The lowest BCUT2D eigenvalue weighted by Gasteiger charge is -2.12. The fourth-order valence-electron chi connectivity index (χ4n) is 1.37. The Morgan fingerprint density at radius 3 is 2.40 bits per heavy atom. The van der Waals surface area contributed by atoms with Crippen LogP contribution < -0.4 is 11.1 Å². The van der Waals surface area contributed by atoms with Crippen molar-refractivity contribution >= 4 is 33.4 Å². The molecule has 0 saturated carbocycles. The highest BCUT2D eigenvalue weighted by molar-refractivity contribution is 7.99. The molecule has 0 fully saturated rings. The van der Waals surface area contributed by atoms with Crippen molar-refractivity contribution in [3.05, 3.63) is 24.3 Å². The number of hydrogen-bond acceptors (Lipinski definition) is 5. The molecule has 0 saturated heterocycles. The van der Waals surface area contributed by atoms with Crippen molar-refractivity contribution in [2.24, 2.45) is 5.73 Å². The summed E-state index contributed by atoms with van der Waals surface area (Å²) < 4.78 is 24.9. The second-order valence-corrected chi connectivity index (χ2v) is 7.46. The standard InChI is InChI=1S/C12H19N3O3S2/c1-15(2)20(17,18)11-5-3-10(4-6-11)14-12(16)9-19-8-7-13/h3-6H,7-9,13H2,1-2H3,(H,14,16). The number of amides is 1. The van der Waals surface area contributed by atoms with E-state index in [1.165, 1.54) is 38.0 Å². The summed E-state index contributed by atoms with van der Waals surface area (Å²) in [5, 5.41) is 2.70. The molecule has 0 aliphatic heterocycles. The van der Waals surface area contributed by atoms with Crippen LogP contribution in [0.2, 0.25) is 0 Å². The highest BCUT2D eigenvalue weighted by Crippen LogP contribution is 2.16. The number of sulfonamides is 1. The highest BCUT2D eigenvalue weighted by Gasteiger charge is 2.16. The third kappa shape index (κ3) is 4.78. The van der Waals surface area contributed by atoms with Gasteiger partial charge >= 0.3 is 0 Å². The Kier molecular flexibility index (Phi) is 6.47. The molecule has 0 aromatic heterocycles. The molecule has 0 aliphatic carbocycles. The van der Waals surface area contributed by atoms with Gasteiger partial charge in [-0.05, 0) is 24.3 Å². The number of nitrogens with one attached hydrogen (secondary N) is 1. The molecule has 0 unspecified atom stereocenters. The van der Waals surface area contributed by atoms with Gasteiger partial charge in [-0.1, -0.05) is 0 Å². The zero-order chi connectivity index (χ0) is 15.2. The van der Waals surface area contributed by atoms with E-state index in [-0.39, 0.29) is 10.8 Å². The molecule has 0 spiro atoms. The van der Waals surface area contributed by atoms with Gasteiger partial charge in [0.2, 0.25) is 15.9 Å². The summed E-state index contributed by atoms with van der Waals surface area (Å²) in [7, 11) is -0.493. The summed E-state index contributed by atoms with van der Waals surface area (Å²) in [6.07, 6.45) is 0. The zero-order valence-corrected chi connectivity index (χ0v) is 13.1. The number of carbonyl (C=O) groups excluding carboxylic acids is 1. The first-order valence-corrected chi connectivity index (χ1v) is 8.57. The topological polar surface area (TPSA) is 92.5 Å². The second-order valence-electron chi connectivity index (χ2n) is 4.20. The molecule has 0 heterocycles. The van der Waals surface area contributed by atoms with Crippen molar-refractivity contribution in [2.45, 2.75) is 4.90 Å². The van der Waals surface area contributed by atoms with Gasteiger partial charge in [-0.15, -0.1) is 0 Å². The molecule has 1 amide bonds. The van der Waals surface area contributed by atoms with Crippen molar-refractivity contribution < 1.29 is 13.2 Å². The lowest BCUT2D eigenvalue weighted by atomic mass is 10.3. The van der Waals surface area contributed by atoms with Crippen LogP contribution in [-0.2, 0) is 14.8 Å². The quantitative estimate of drug-likeness (QED) is 0.717. The Labute approximate surface area is 123 Å². The minimum Gasteiger partial charge on any atom is -0.330 e. The molecule has 20 heavy (non-hydrogen) atoms. The minimum atomic E-state index is -3.44. The Morgan fingerprint density at radius 2 is 1.90 bits per heavy atom. The van der Waals surface area contributed by atoms with E-state index in [1.54, 1.807) is 12.1 Å². The molecule has 1 aromatic rings. The molecule has 6 nitrogen and oxygen atoms in total. The third-order valence-electron chi connectivity index (χ3n) is 2.41. The van der Waals surface area contributed by atoms with Gasteiger partial charge in [-0.2, -0.15) is 11.8 Å². The Hall–Kier alpha value is -1.09. The molecule has 0 radical (unpaired) electrons. The van der Waals surface area contributed by atoms with Crippen LogP contribution in [-0.4, -0.2) is 50.8 Å². The van der Waals surface area contributed by atoms with Gasteiger partial charge in [0.05, 0.1) is 10.6 Å². The van der Waals surface area contributed by atoms with Crippen LogP contribution in [0.1, 0.15) is 0 Å². The largest absolute Gasteiger partial charge is 0.330 e. The predicted molar refractivity (Wildman–Crippen MR) is 82.3 cm³/mol. The summed E-state index contributed by atoms with van der Waals surface area (Å²) in [5.74, 6) is 0.925. The first-order valence-electron chi connectivity index (χ1n) is 5.98. The van der Waals surface area contributed by atoms with E-state index in [0.29, 0.717) is 18.0 Å². The summed E-state index contributed by atoms with van der Waals surface area (Å²) >= 11 is 1.45. The van der Waals surface area contributed by atoms with E-state index in [4.69, 9.17) is 5.73 Å². The lowest BCUT2D eigenvalue weighted by molar-refractivity contribution is -0.113. The maximum Gasteiger partial charge on any atom is 0.242 e. The van der Waals surface area contributed by atoms with Crippen LogP contribution in [0.5, 0.6) is 0 Å². The van der Waals surface area contributed by atoms with Crippen LogP contribution in [0.25, 0.3) is 0 Å². The van der Waals surface area contributed by atoms with Gasteiger partial charge in [0.15, 0.2) is 0 Å². The van der Waals surface area contributed by atoms with E-state index in [0.717, 1.165) is 10.1 Å². The number of nitrogens with two attached hydrogens (primary N) is 1. The van der Waals surface area contributed by atoms with E-state index in [9.17, 15) is 13.2 Å². The van der Waals surface area contributed by atoms with Crippen molar-refractivity contribution in [1.29, 1.82) is 0 Å². The maximum atomic E-state index is 11.9. The van der Waals surface area contributed by atoms with E-state index in [2.05, 4.69) is 5.32 Å². The summed E-state index contributed by atoms with van der Waals surface area (Å²) in [5.41, 5.74) is 5.91. The fraction of sp³-hybridized carbons (Fsp3) is 0.417. The molecular weight excluding hydrogens is 298 g/mol. The number of rotatable bonds is 7. The average Bonchev–Trinajstić information content (AvgIpc) is 2.39. The van der Waals surface area contributed by atoms with Gasteiger partial charge < -0.3 is 11.1 Å². The van der Waals surface area contributed by atoms with Crippen molar-refractivity contribution in [3.63, 3.8) is 0 Å². The number of nitrogens with zero attached hydrogens (tertiary/aromatic N) is 1. The molecule has 1 aromatic carbocycles. The predicted octanol–water partition coefficient (Wildman–Crippen LogP) is 0.567. The third-order valence-corrected chi connectivity index (χ3v) is 5.23. The molecule has 112 valence electrons. The lowest BCUT2D eigenvalue weighted by Crippen LogP contribution is -2.22. The fourth-order valence-corrected chi connectivity index (χ4v) is 2.84. The monoisotopic (exact) mass is 317 g/mol. The van der Waals surface area contributed by atoms with Crippen LogP contribution in [0.4, 0.5) is 5.69 Å². The Morgan fingerprint density at radius 1 is 1.30 bits per heavy atom. The average molecular weight is 317 g/mol. The number of benzene rings is 1. The van der Waals surface area contributed by atoms with Crippen LogP contribution in [0, 0.1) is 0 Å². The molecule has 0 atom stereocenters. The number of hydrogen-bond donors (Lipinski definition) is 2. The van der Waals surface area contributed by atoms with E-state index in [1.807, 2.05) is 0 Å². The molecule has 1 rings (SSSR count). The normalized spacial score (nSPS) is 11.6. The smallest absolute Gasteiger partial charge is 0.242 e. The van der Waals surface area contributed by atoms with Gasteiger partial charge in [0.1, 0.15) is 0 Å². The summed E-state index contributed by atoms with van der Waals surface area (Å²) in [6.45, 7) is 0.537. The molecule has 0 aliphatic rings. The van der Waals surface area contributed by atoms with E-state index < -0.39 is 10.0 Å². The van der Waals surface area contributed by atoms with Gasteiger partial charge in [-0.25, -0.2) is 12.7 Å². The van der Waals surface area contributed by atoms with Gasteiger partial charge in [-0.3, -0.25) is 4.79 Å². The molecular formula is C12H19N3O3S2. The molecule has 8 heteroatoms. The second kappa shape index (κ2) is 7.63. The molecule has 3 N–H and O–H groups in total.